The molecule has 13 heteroatoms. The first kappa shape index (κ1) is 35.2. The third-order valence-electron chi connectivity index (χ3n) is 9.95. The third-order valence-corrected chi connectivity index (χ3v) is 10.4. The molecule has 0 radical (unpaired) electrons. The average molecular weight is 698 g/mol. The number of hydrogen-bond donors (Lipinski definition) is 6. The maximum Gasteiger partial charge on any atom is 0.251 e. The van der Waals surface area contributed by atoms with Crippen LogP contribution in [0.15, 0.2) is 60.7 Å². The second-order valence-electron chi connectivity index (χ2n) is 13.3. The fourth-order valence-corrected chi connectivity index (χ4v) is 7.09. The van der Waals surface area contributed by atoms with Crippen molar-refractivity contribution in [1.29, 1.82) is 0 Å². The van der Waals surface area contributed by atoms with E-state index in [4.69, 9.17) is 17.3 Å². The van der Waals surface area contributed by atoms with Gasteiger partial charge in [-0.2, -0.15) is 5.21 Å². The number of benzene rings is 3. The van der Waals surface area contributed by atoms with E-state index in [9.17, 15) is 14.4 Å². The van der Waals surface area contributed by atoms with Crippen LogP contribution in [0.4, 0.5) is 5.69 Å². The summed E-state index contributed by atoms with van der Waals surface area (Å²) in [5.41, 5.74) is 11.1. The topological polar surface area (TPSA) is 180 Å². The third kappa shape index (κ3) is 8.55. The number of H-pyrrole nitrogens is 1. The number of halogens is 1. The summed E-state index contributed by atoms with van der Waals surface area (Å²) < 4.78 is 0. The van der Waals surface area contributed by atoms with Crippen molar-refractivity contribution >= 4 is 35.0 Å². The molecule has 1 aromatic heterocycles. The highest BCUT2D eigenvalue weighted by molar-refractivity contribution is 6.34. The Hall–Kier alpha value is -4.65. The average Bonchev–Trinajstić information content (AvgIpc) is 3.69. The summed E-state index contributed by atoms with van der Waals surface area (Å²) in [5, 5.41) is 27.0. The predicted molar refractivity (Wildman–Crippen MR) is 193 cm³/mol. The minimum absolute atomic E-state index is 0.111. The minimum atomic E-state index is -0.805. The zero-order valence-electron chi connectivity index (χ0n) is 28.2. The van der Waals surface area contributed by atoms with Crippen LogP contribution in [0.3, 0.4) is 0 Å². The van der Waals surface area contributed by atoms with E-state index in [2.05, 4.69) is 41.9 Å². The zero-order valence-corrected chi connectivity index (χ0v) is 28.9. The van der Waals surface area contributed by atoms with Crippen LogP contribution < -0.4 is 27.0 Å². The Labute approximate surface area is 296 Å². The number of hydrogen-bond acceptors (Lipinski definition) is 8. The summed E-state index contributed by atoms with van der Waals surface area (Å²) in [7, 11) is 0. The van der Waals surface area contributed by atoms with Gasteiger partial charge in [-0.1, -0.05) is 41.9 Å². The molecule has 1 saturated heterocycles. The van der Waals surface area contributed by atoms with Crippen LogP contribution in [0.1, 0.15) is 60.0 Å². The van der Waals surface area contributed by atoms with Crippen molar-refractivity contribution in [2.75, 3.05) is 25.0 Å². The minimum Gasteiger partial charge on any atom is -0.349 e. The Morgan fingerprint density at radius 2 is 1.62 bits per heavy atom. The largest absolute Gasteiger partial charge is 0.349 e. The van der Waals surface area contributed by atoms with E-state index in [1.54, 1.807) is 24.3 Å². The summed E-state index contributed by atoms with van der Waals surface area (Å²) in [6, 6.07) is 18.0. The standard InChI is InChI=1S/C37H44ClN9O3/c1-22-30(36(49)41-29-16-18-40-19-17-29)14-15-31(33(22)38)25-6-2-23(3-7-25)20-32(43-35(48)27-8-4-24(21-39)5-9-27)37(50)42-28-12-10-26(11-13-28)34-44-46-47-45-34/h2-3,6-7,10-15,24,27,29,32,40H,4-5,8-9,16-21,39H2,1H3,(H,41,49)(H,42,50)(H,43,48)(H,44,45,46,47)/t24?,27?,32-/m0/s1. The van der Waals surface area contributed by atoms with Crippen molar-refractivity contribution in [2.45, 2.75) is 64.0 Å². The first-order valence-corrected chi connectivity index (χ1v) is 17.7. The molecule has 6 rings (SSSR count). The van der Waals surface area contributed by atoms with Crippen LogP contribution in [0.25, 0.3) is 22.5 Å². The number of piperidine rings is 1. The van der Waals surface area contributed by atoms with Crippen molar-refractivity contribution < 1.29 is 14.4 Å². The van der Waals surface area contributed by atoms with Crippen LogP contribution in [-0.4, -0.2) is 70.1 Å². The lowest BCUT2D eigenvalue weighted by Crippen LogP contribution is -2.48. The van der Waals surface area contributed by atoms with Crippen LogP contribution in [0.2, 0.25) is 5.02 Å². The molecule has 50 heavy (non-hydrogen) atoms. The molecule has 4 aromatic rings. The molecule has 1 saturated carbocycles. The van der Waals surface area contributed by atoms with Gasteiger partial charge in [0.15, 0.2) is 0 Å². The summed E-state index contributed by atoms with van der Waals surface area (Å²) in [6.07, 6.45) is 5.43. The number of nitrogens with zero attached hydrogens (tertiary/aromatic N) is 3. The number of carbonyl (C=O) groups excluding carboxylic acids is 3. The molecule has 1 aliphatic heterocycles. The lowest BCUT2D eigenvalue weighted by molar-refractivity contribution is -0.130. The van der Waals surface area contributed by atoms with Gasteiger partial charge in [0.25, 0.3) is 5.91 Å². The fraction of sp³-hybridized carbons (Fsp3) is 0.405. The van der Waals surface area contributed by atoms with Crippen molar-refractivity contribution in [2.24, 2.45) is 17.6 Å². The number of aromatic amines is 1. The number of nitrogens with one attached hydrogen (secondary N) is 5. The van der Waals surface area contributed by atoms with Gasteiger partial charge in [0, 0.05) is 40.8 Å². The smallest absolute Gasteiger partial charge is 0.251 e. The van der Waals surface area contributed by atoms with E-state index < -0.39 is 6.04 Å². The Kier molecular flexibility index (Phi) is 11.5. The maximum atomic E-state index is 13.7. The molecule has 3 aromatic carbocycles. The Morgan fingerprint density at radius 3 is 2.28 bits per heavy atom. The Bertz CT molecular complexity index is 1770. The van der Waals surface area contributed by atoms with E-state index in [1.165, 1.54) is 0 Å². The molecule has 262 valence electrons. The van der Waals surface area contributed by atoms with Crippen LogP contribution in [-0.2, 0) is 16.0 Å². The first-order chi connectivity index (χ1) is 24.3. The fourth-order valence-electron chi connectivity index (χ4n) is 6.81. The number of rotatable bonds is 11. The Balaban J connectivity index is 1.16. The molecule has 0 spiro atoms. The van der Waals surface area contributed by atoms with E-state index >= 15 is 0 Å². The van der Waals surface area contributed by atoms with Gasteiger partial charge in [-0.25, -0.2) is 0 Å². The normalized spacial score (nSPS) is 18.6. The molecule has 1 aliphatic carbocycles. The lowest BCUT2D eigenvalue weighted by atomic mass is 9.81. The van der Waals surface area contributed by atoms with Gasteiger partial charge in [-0.15, -0.1) is 10.2 Å². The van der Waals surface area contributed by atoms with Crippen LogP contribution in [0.5, 0.6) is 0 Å². The summed E-state index contributed by atoms with van der Waals surface area (Å²) in [4.78, 5) is 40.2. The zero-order chi connectivity index (χ0) is 35.0. The number of anilines is 1. The quantitative estimate of drug-likeness (QED) is 0.133. The molecule has 0 bridgehead atoms. The number of amides is 3. The van der Waals surface area contributed by atoms with Crippen molar-refractivity contribution in [3.05, 3.63) is 82.4 Å². The molecule has 2 fully saturated rings. The summed E-state index contributed by atoms with van der Waals surface area (Å²) >= 11 is 6.84. The van der Waals surface area contributed by atoms with Crippen LogP contribution in [0, 0.1) is 18.8 Å². The van der Waals surface area contributed by atoms with Crippen molar-refractivity contribution in [3.8, 4) is 22.5 Å². The SMILES string of the molecule is Cc1c(C(=O)NC2CCNCC2)ccc(-c2ccc(C[C@H](NC(=O)C3CCC(CN)CC3)C(=O)Nc3ccc(-c4nn[nH]n4)cc3)cc2)c1Cl. The highest BCUT2D eigenvalue weighted by Crippen LogP contribution is 2.33. The van der Waals surface area contributed by atoms with Crippen molar-refractivity contribution in [3.63, 3.8) is 0 Å². The number of aromatic nitrogens is 4. The van der Waals surface area contributed by atoms with E-state index in [0.29, 0.717) is 41.0 Å². The molecular weight excluding hydrogens is 654 g/mol. The first-order valence-electron chi connectivity index (χ1n) is 17.3. The Morgan fingerprint density at radius 1 is 0.920 bits per heavy atom. The predicted octanol–water partition coefficient (Wildman–Crippen LogP) is 4.41. The van der Waals surface area contributed by atoms with Gasteiger partial charge < -0.3 is 27.0 Å². The van der Waals surface area contributed by atoms with E-state index in [1.807, 2.05) is 43.3 Å². The van der Waals surface area contributed by atoms with Gasteiger partial charge in [0.05, 0.1) is 5.02 Å². The monoisotopic (exact) mass is 697 g/mol. The molecule has 2 heterocycles. The van der Waals surface area contributed by atoms with E-state index in [0.717, 1.165) is 79.4 Å². The van der Waals surface area contributed by atoms with E-state index in [-0.39, 0.29) is 29.7 Å². The van der Waals surface area contributed by atoms with Gasteiger partial charge in [-0.3, -0.25) is 14.4 Å². The number of carbonyl (C=O) groups is 3. The molecule has 12 nitrogen and oxygen atoms in total. The number of nitrogens with two attached hydrogens (primary N) is 1. The molecule has 0 unspecified atom stereocenters. The summed E-state index contributed by atoms with van der Waals surface area (Å²) in [6.45, 7) is 4.28. The summed E-state index contributed by atoms with van der Waals surface area (Å²) in [5.74, 6) is 0.196. The van der Waals surface area contributed by atoms with Gasteiger partial charge in [-0.05, 0) is 123 Å². The highest BCUT2D eigenvalue weighted by atomic mass is 35.5. The molecule has 2 aliphatic rings. The van der Waals surface area contributed by atoms with Gasteiger partial charge >= 0.3 is 0 Å². The molecule has 7 N–H and O–H groups in total. The second-order valence-corrected chi connectivity index (χ2v) is 13.7. The molecular formula is C37H44ClN9O3. The van der Waals surface area contributed by atoms with Crippen molar-refractivity contribution in [1.82, 2.24) is 36.6 Å². The molecule has 1 atom stereocenters. The van der Waals surface area contributed by atoms with Gasteiger partial charge in [0.2, 0.25) is 17.6 Å². The highest BCUT2D eigenvalue weighted by Gasteiger charge is 2.29. The van der Waals surface area contributed by atoms with Crippen LogP contribution >= 0.6 is 11.6 Å². The lowest BCUT2D eigenvalue weighted by Gasteiger charge is -2.28. The van der Waals surface area contributed by atoms with Gasteiger partial charge in [0.1, 0.15) is 6.04 Å². The maximum absolute atomic E-state index is 13.7. The molecule has 3 amide bonds. The number of tetrazole rings is 1. The second kappa shape index (κ2) is 16.4.